The van der Waals surface area contributed by atoms with Gasteiger partial charge in [0.15, 0.2) is 0 Å². The Balaban J connectivity index is 2.39. The van der Waals surface area contributed by atoms with Crippen molar-refractivity contribution in [2.75, 3.05) is 6.54 Å². The Morgan fingerprint density at radius 1 is 1.09 bits per heavy atom. The van der Waals surface area contributed by atoms with Gasteiger partial charge in [-0.2, -0.15) is 4.31 Å². The quantitative estimate of drug-likeness (QED) is 0.845. The lowest BCUT2D eigenvalue weighted by atomic mass is 10.2. The van der Waals surface area contributed by atoms with Gasteiger partial charge in [-0.15, -0.1) is 0 Å². The summed E-state index contributed by atoms with van der Waals surface area (Å²) < 4.78 is 26.4. The van der Waals surface area contributed by atoms with E-state index in [-0.39, 0.29) is 11.4 Å². The molecule has 0 heterocycles. The minimum absolute atomic E-state index is 0.0753. The Kier molecular flexibility index (Phi) is 5.64. The van der Waals surface area contributed by atoms with Crippen molar-refractivity contribution in [1.82, 2.24) is 4.31 Å². The van der Waals surface area contributed by atoms with Crippen LogP contribution in [0.4, 0.5) is 0 Å². The molecule has 0 aliphatic heterocycles. The van der Waals surface area contributed by atoms with E-state index in [0.717, 1.165) is 4.31 Å². The van der Waals surface area contributed by atoms with Crippen molar-refractivity contribution in [2.24, 2.45) is 5.73 Å². The van der Waals surface area contributed by atoms with Gasteiger partial charge in [0, 0.05) is 16.6 Å². The lowest BCUT2D eigenvalue weighted by molar-refractivity contribution is -0.118. The minimum Gasteiger partial charge on any atom is -0.369 e. The first-order chi connectivity index (χ1) is 10.8. The molecule has 23 heavy (non-hydrogen) atoms. The fourth-order valence-electron chi connectivity index (χ4n) is 1.98. The minimum atomic E-state index is -3.88. The molecule has 0 spiro atoms. The van der Waals surface area contributed by atoms with E-state index in [0.29, 0.717) is 15.6 Å². The van der Waals surface area contributed by atoms with E-state index in [9.17, 15) is 13.2 Å². The number of halogens is 2. The molecule has 0 atom stereocenters. The molecule has 8 heteroatoms. The molecule has 5 nitrogen and oxygen atoms in total. The molecule has 0 aliphatic carbocycles. The average Bonchev–Trinajstić information content (AvgIpc) is 2.49. The third-order valence-corrected chi connectivity index (χ3v) is 5.47. The zero-order valence-corrected chi connectivity index (χ0v) is 14.3. The molecular formula is C15H14Cl2N2O3S. The van der Waals surface area contributed by atoms with Gasteiger partial charge in [-0.05, 0) is 29.8 Å². The maximum Gasteiger partial charge on any atom is 0.243 e. The van der Waals surface area contributed by atoms with Crippen molar-refractivity contribution in [3.05, 3.63) is 64.1 Å². The monoisotopic (exact) mass is 372 g/mol. The van der Waals surface area contributed by atoms with Gasteiger partial charge in [-0.3, -0.25) is 4.79 Å². The van der Waals surface area contributed by atoms with Crippen LogP contribution in [0.1, 0.15) is 5.56 Å². The number of nitrogens with two attached hydrogens (primary N) is 1. The number of rotatable bonds is 6. The number of hydrogen-bond acceptors (Lipinski definition) is 3. The molecule has 2 aromatic carbocycles. The van der Waals surface area contributed by atoms with Crippen LogP contribution in [0.5, 0.6) is 0 Å². The standard InChI is InChI=1S/C15H14Cl2N2O3S/c16-12-7-6-11(14(17)8-12)9-19(10-15(18)20)23(21,22)13-4-2-1-3-5-13/h1-8H,9-10H2,(H2,18,20). The molecule has 0 bridgehead atoms. The summed E-state index contributed by atoms with van der Waals surface area (Å²) in [7, 11) is -3.88. The average molecular weight is 373 g/mol. The van der Waals surface area contributed by atoms with Gasteiger partial charge in [-0.25, -0.2) is 8.42 Å². The maximum atomic E-state index is 12.7. The predicted molar refractivity (Wildman–Crippen MR) is 89.7 cm³/mol. The molecule has 0 aromatic heterocycles. The Bertz CT molecular complexity index is 811. The van der Waals surface area contributed by atoms with Crippen molar-refractivity contribution >= 4 is 39.1 Å². The fourth-order valence-corrected chi connectivity index (χ4v) is 3.85. The van der Waals surface area contributed by atoms with Gasteiger partial charge in [-0.1, -0.05) is 47.5 Å². The van der Waals surface area contributed by atoms with Crippen molar-refractivity contribution < 1.29 is 13.2 Å². The number of benzene rings is 2. The number of sulfonamides is 1. The summed E-state index contributed by atoms with van der Waals surface area (Å²) in [5.74, 6) is -0.755. The Morgan fingerprint density at radius 3 is 2.30 bits per heavy atom. The van der Waals surface area contributed by atoms with Crippen LogP contribution < -0.4 is 5.73 Å². The zero-order chi connectivity index (χ0) is 17.0. The summed E-state index contributed by atoms with van der Waals surface area (Å²) in [6.07, 6.45) is 0. The lowest BCUT2D eigenvalue weighted by Gasteiger charge is -2.21. The van der Waals surface area contributed by atoms with Gasteiger partial charge in [0.1, 0.15) is 0 Å². The summed E-state index contributed by atoms with van der Waals surface area (Å²) in [5, 5.41) is 0.751. The molecular weight excluding hydrogens is 359 g/mol. The first kappa shape index (κ1) is 17.7. The molecule has 1 amide bonds. The van der Waals surface area contributed by atoms with Gasteiger partial charge in [0.05, 0.1) is 11.4 Å². The molecule has 122 valence electrons. The molecule has 0 unspecified atom stereocenters. The third kappa shape index (κ3) is 4.45. The van der Waals surface area contributed by atoms with E-state index >= 15 is 0 Å². The molecule has 0 fully saturated rings. The number of amides is 1. The largest absolute Gasteiger partial charge is 0.369 e. The van der Waals surface area contributed by atoms with Gasteiger partial charge < -0.3 is 5.73 Å². The summed E-state index contributed by atoms with van der Waals surface area (Å²) in [4.78, 5) is 11.4. The van der Waals surface area contributed by atoms with Gasteiger partial charge in [0.2, 0.25) is 15.9 Å². The second-order valence-electron chi connectivity index (χ2n) is 4.79. The molecule has 0 radical (unpaired) electrons. The van der Waals surface area contributed by atoms with Crippen LogP contribution in [0.2, 0.25) is 10.0 Å². The lowest BCUT2D eigenvalue weighted by Crippen LogP contribution is -2.38. The van der Waals surface area contributed by atoms with Crippen LogP contribution in [0.25, 0.3) is 0 Å². The second kappa shape index (κ2) is 7.31. The Labute approximate surface area is 144 Å². The zero-order valence-electron chi connectivity index (χ0n) is 11.9. The number of carbonyl (C=O) groups is 1. The molecule has 2 rings (SSSR count). The normalized spacial score (nSPS) is 11.6. The van der Waals surface area contributed by atoms with Crippen molar-refractivity contribution in [3.63, 3.8) is 0 Å². The topological polar surface area (TPSA) is 80.5 Å². The van der Waals surface area contributed by atoms with Crippen LogP contribution >= 0.6 is 23.2 Å². The molecule has 2 aromatic rings. The van der Waals surface area contributed by atoms with E-state index in [2.05, 4.69) is 0 Å². The van der Waals surface area contributed by atoms with Crippen LogP contribution in [-0.2, 0) is 21.4 Å². The molecule has 0 saturated carbocycles. The molecule has 0 aliphatic rings. The first-order valence-corrected chi connectivity index (χ1v) is 8.78. The number of carbonyl (C=O) groups excluding carboxylic acids is 1. The summed E-state index contributed by atoms with van der Waals surface area (Å²) >= 11 is 11.9. The van der Waals surface area contributed by atoms with E-state index < -0.39 is 22.5 Å². The van der Waals surface area contributed by atoms with Crippen LogP contribution in [0.3, 0.4) is 0 Å². The van der Waals surface area contributed by atoms with Gasteiger partial charge >= 0.3 is 0 Å². The fraction of sp³-hybridized carbons (Fsp3) is 0.133. The highest BCUT2D eigenvalue weighted by atomic mass is 35.5. The summed E-state index contributed by atoms with van der Waals surface area (Å²) in [5.41, 5.74) is 5.71. The van der Waals surface area contributed by atoms with Crippen LogP contribution in [0.15, 0.2) is 53.4 Å². The first-order valence-electron chi connectivity index (χ1n) is 6.58. The summed E-state index contributed by atoms with van der Waals surface area (Å²) in [6, 6.07) is 12.5. The molecule has 0 saturated heterocycles. The SMILES string of the molecule is NC(=O)CN(Cc1ccc(Cl)cc1Cl)S(=O)(=O)c1ccccc1. The number of hydrogen-bond donors (Lipinski definition) is 1. The van der Waals surface area contributed by atoms with Crippen molar-refractivity contribution in [3.8, 4) is 0 Å². The van der Waals surface area contributed by atoms with E-state index in [1.54, 1.807) is 30.3 Å². The Hall–Kier alpha value is -1.60. The van der Waals surface area contributed by atoms with E-state index in [4.69, 9.17) is 28.9 Å². The number of nitrogens with zero attached hydrogens (tertiary/aromatic N) is 1. The smallest absolute Gasteiger partial charge is 0.243 e. The van der Waals surface area contributed by atoms with Crippen molar-refractivity contribution in [2.45, 2.75) is 11.4 Å². The highest BCUT2D eigenvalue weighted by Crippen LogP contribution is 2.25. The highest BCUT2D eigenvalue weighted by Gasteiger charge is 2.26. The molecule has 2 N–H and O–H groups in total. The number of primary amides is 1. The van der Waals surface area contributed by atoms with E-state index in [1.165, 1.54) is 18.2 Å². The summed E-state index contributed by atoms with van der Waals surface area (Å²) in [6.45, 7) is -0.535. The maximum absolute atomic E-state index is 12.7. The predicted octanol–water partition coefficient (Wildman–Crippen LogP) is 2.67. The van der Waals surface area contributed by atoms with Crippen LogP contribution in [-0.4, -0.2) is 25.2 Å². The highest BCUT2D eigenvalue weighted by molar-refractivity contribution is 7.89. The van der Waals surface area contributed by atoms with Crippen LogP contribution in [0, 0.1) is 0 Å². The second-order valence-corrected chi connectivity index (χ2v) is 7.57. The Morgan fingerprint density at radius 2 is 1.74 bits per heavy atom. The van der Waals surface area contributed by atoms with Gasteiger partial charge in [0.25, 0.3) is 0 Å². The van der Waals surface area contributed by atoms with Crippen molar-refractivity contribution in [1.29, 1.82) is 0 Å². The third-order valence-electron chi connectivity index (χ3n) is 3.07. The van der Waals surface area contributed by atoms with E-state index in [1.807, 2.05) is 0 Å².